The molecule has 3 aromatic rings. The standard InChI is InChI=1S/C22H18F3N3O3/c23-22(24,25)31-15-4-1-3-13(9-15)11-26-20-8-7-14(12-27-20)18-5-2-6-19(28-18)16-10-17(16)21(29)30/h1-9,12,16-17H,10-11H2,(H,26,27)(H,29,30)/t16-,17-/m1/s1. The zero-order valence-corrected chi connectivity index (χ0v) is 16.1. The van der Waals surface area contributed by atoms with E-state index in [1.807, 2.05) is 24.3 Å². The molecule has 0 radical (unpaired) electrons. The lowest BCUT2D eigenvalue weighted by molar-refractivity contribution is -0.274. The van der Waals surface area contributed by atoms with Gasteiger partial charge in [0.15, 0.2) is 0 Å². The number of hydrogen-bond acceptors (Lipinski definition) is 5. The largest absolute Gasteiger partial charge is 0.573 e. The molecule has 0 unspecified atom stereocenters. The van der Waals surface area contributed by atoms with Crippen LogP contribution in [0, 0.1) is 5.92 Å². The van der Waals surface area contributed by atoms with Crippen molar-refractivity contribution in [1.82, 2.24) is 9.97 Å². The molecule has 0 bridgehead atoms. The smallest absolute Gasteiger partial charge is 0.481 e. The summed E-state index contributed by atoms with van der Waals surface area (Å²) in [6.45, 7) is 0.271. The molecule has 160 valence electrons. The van der Waals surface area contributed by atoms with Crippen LogP contribution in [0.5, 0.6) is 5.75 Å². The first kappa shape index (κ1) is 20.6. The highest BCUT2D eigenvalue weighted by molar-refractivity contribution is 5.75. The van der Waals surface area contributed by atoms with Crippen molar-refractivity contribution < 1.29 is 27.8 Å². The quantitative estimate of drug-likeness (QED) is 0.559. The van der Waals surface area contributed by atoms with Gasteiger partial charge < -0.3 is 15.2 Å². The van der Waals surface area contributed by atoms with E-state index in [-0.39, 0.29) is 24.1 Å². The number of carbonyl (C=O) groups is 1. The number of aromatic nitrogens is 2. The maximum absolute atomic E-state index is 12.3. The Morgan fingerprint density at radius 3 is 2.65 bits per heavy atom. The number of benzene rings is 1. The van der Waals surface area contributed by atoms with Crippen LogP contribution in [0.1, 0.15) is 23.6 Å². The summed E-state index contributed by atoms with van der Waals surface area (Å²) in [7, 11) is 0. The first-order valence-corrected chi connectivity index (χ1v) is 9.53. The van der Waals surface area contributed by atoms with Gasteiger partial charge in [0, 0.05) is 29.9 Å². The number of anilines is 1. The summed E-state index contributed by atoms with van der Waals surface area (Å²) in [5.74, 6) is -0.947. The number of hydrogen-bond donors (Lipinski definition) is 2. The van der Waals surface area contributed by atoms with E-state index in [4.69, 9.17) is 5.11 Å². The molecule has 0 aliphatic heterocycles. The van der Waals surface area contributed by atoms with Gasteiger partial charge in [-0.05, 0) is 48.4 Å². The van der Waals surface area contributed by atoms with Crippen molar-refractivity contribution in [1.29, 1.82) is 0 Å². The van der Waals surface area contributed by atoms with Gasteiger partial charge in [-0.15, -0.1) is 13.2 Å². The Morgan fingerprint density at radius 1 is 1.16 bits per heavy atom. The van der Waals surface area contributed by atoms with Crippen molar-refractivity contribution in [3.8, 4) is 17.0 Å². The Morgan fingerprint density at radius 2 is 1.97 bits per heavy atom. The second-order valence-electron chi connectivity index (χ2n) is 7.22. The van der Waals surface area contributed by atoms with Gasteiger partial charge in [-0.25, -0.2) is 4.98 Å². The monoisotopic (exact) mass is 429 g/mol. The second kappa shape index (κ2) is 8.25. The number of ether oxygens (including phenoxy) is 1. The number of alkyl halides is 3. The number of carboxylic acid groups (broad SMARTS) is 1. The molecule has 0 amide bonds. The van der Waals surface area contributed by atoms with Gasteiger partial charge in [-0.2, -0.15) is 0 Å². The first-order valence-electron chi connectivity index (χ1n) is 9.53. The van der Waals surface area contributed by atoms with E-state index < -0.39 is 12.3 Å². The van der Waals surface area contributed by atoms with Crippen LogP contribution in [0.2, 0.25) is 0 Å². The minimum absolute atomic E-state index is 0.0524. The average Bonchev–Trinajstić information content (AvgIpc) is 3.53. The van der Waals surface area contributed by atoms with Gasteiger partial charge in [0.1, 0.15) is 11.6 Å². The van der Waals surface area contributed by atoms with E-state index in [9.17, 15) is 18.0 Å². The molecule has 2 aromatic heterocycles. The predicted octanol–water partition coefficient (Wildman–Crippen LogP) is 4.84. The summed E-state index contributed by atoms with van der Waals surface area (Å²) in [5, 5.41) is 12.2. The second-order valence-corrected chi connectivity index (χ2v) is 7.22. The summed E-state index contributed by atoms with van der Waals surface area (Å²) in [5.41, 5.74) is 2.84. The molecule has 1 saturated carbocycles. The Labute approximate surface area is 175 Å². The molecule has 4 rings (SSSR count). The van der Waals surface area contributed by atoms with E-state index >= 15 is 0 Å². The fourth-order valence-electron chi connectivity index (χ4n) is 3.31. The van der Waals surface area contributed by atoms with E-state index in [1.54, 1.807) is 18.3 Å². The lowest BCUT2D eigenvalue weighted by Gasteiger charge is -2.11. The number of halogens is 3. The topological polar surface area (TPSA) is 84.3 Å². The van der Waals surface area contributed by atoms with Crippen molar-refractivity contribution in [2.75, 3.05) is 5.32 Å². The molecule has 31 heavy (non-hydrogen) atoms. The highest BCUT2D eigenvalue weighted by Gasteiger charge is 2.45. The molecule has 0 saturated heterocycles. The Balaban J connectivity index is 1.39. The lowest BCUT2D eigenvalue weighted by Crippen LogP contribution is -2.17. The summed E-state index contributed by atoms with van der Waals surface area (Å²) in [6, 6.07) is 14.8. The van der Waals surface area contributed by atoms with Gasteiger partial charge in [-0.3, -0.25) is 9.78 Å². The molecule has 6 nitrogen and oxygen atoms in total. The van der Waals surface area contributed by atoms with Crippen LogP contribution in [-0.4, -0.2) is 27.4 Å². The molecule has 9 heteroatoms. The minimum atomic E-state index is -4.73. The Bertz CT molecular complexity index is 1090. The van der Waals surface area contributed by atoms with Crippen molar-refractivity contribution in [3.63, 3.8) is 0 Å². The zero-order chi connectivity index (χ0) is 22.0. The van der Waals surface area contributed by atoms with Crippen molar-refractivity contribution in [3.05, 3.63) is 72.1 Å². The highest BCUT2D eigenvalue weighted by Crippen LogP contribution is 2.47. The summed E-state index contributed by atoms with van der Waals surface area (Å²) in [6.07, 6.45) is -2.50. The molecular formula is C22H18F3N3O3. The third kappa shape index (κ3) is 5.30. The van der Waals surface area contributed by atoms with Crippen LogP contribution in [0.25, 0.3) is 11.3 Å². The van der Waals surface area contributed by atoms with E-state index in [0.717, 1.165) is 11.3 Å². The third-order valence-corrected chi connectivity index (χ3v) is 4.92. The van der Waals surface area contributed by atoms with Crippen LogP contribution in [0.15, 0.2) is 60.8 Å². The summed E-state index contributed by atoms with van der Waals surface area (Å²) >= 11 is 0. The zero-order valence-electron chi connectivity index (χ0n) is 16.1. The molecule has 1 aliphatic rings. The predicted molar refractivity (Wildman–Crippen MR) is 106 cm³/mol. The van der Waals surface area contributed by atoms with Gasteiger partial charge in [0.05, 0.1) is 11.6 Å². The highest BCUT2D eigenvalue weighted by atomic mass is 19.4. The van der Waals surface area contributed by atoms with Crippen LogP contribution in [0.3, 0.4) is 0 Å². The van der Waals surface area contributed by atoms with Crippen LogP contribution >= 0.6 is 0 Å². The Kier molecular flexibility index (Phi) is 5.50. The summed E-state index contributed by atoms with van der Waals surface area (Å²) < 4.78 is 41.0. The van der Waals surface area contributed by atoms with E-state index in [1.165, 1.54) is 18.2 Å². The van der Waals surface area contributed by atoms with E-state index in [2.05, 4.69) is 20.0 Å². The molecule has 0 spiro atoms. The molecule has 2 N–H and O–H groups in total. The molecular weight excluding hydrogens is 411 g/mol. The molecule has 1 aromatic carbocycles. The molecule has 2 heterocycles. The van der Waals surface area contributed by atoms with Crippen LogP contribution in [-0.2, 0) is 11.3 Å². The fourth-order valence-corrected chi connectivity index (χ4v) is 3.31. The van der Waals surface area contributed by atoms with E-state index in [0.29, 0.717) is 23.5 Å². The fraction of sp³-hybridized carbons (Fsp3) is 0.227. The number of nitrogens with zero attached hydrogens (tertiary/aromatic N) is 2. The average molecular weight is 429 g/mol. The molecule has 1 aliphatic carbocycles. The van der Waals surface area contributed by atoms with Gasteiger partial charge in [0.2, 0.25) is 0 Å². The number of nitrogens with one attached hydrogen (secondary N) is 1. The van der Waals surface area contributed by atoms with Crippen molar-refractivity contribution >= 4 is 11.8 Å². The SMILES string of the molecule is O=C(O)[C@@H]1C[C@H]1c1cccc(-c2ccc(NCc3cccc(OC(F)(F)F)c3)nc2)n1. The van der Waals surface area contributed by atoms with Gasteiger partial charge >= 0.3 is 12.3 Å². The maximum Gasteiger partial charge on any atom is 0.573 e. The number of pyridine rings is 2. The number of aliphatic carboxylic acids is 1. The van der Waals surface area contributed by atoms with Gasteiger partial charge in [0.25, 0.3) is 0 Å². The summed E-state index contributed by atoms with van der Waals surface area (Å²) in [4.78, 5) is 20.0. The molecule has 1 fully saturated rings. The third-order valence-electron chi connectivity index (χ3n) is 4.92. The maximum atomic E-state index is 12.3. The lowest BCUT2D eigenvalue weighted by atomic mass is 10.1. The minimum Gasteiger partial charge on any atom is -0.481 e. The number of carboxylic acids is 1. The van der Waals surface area contributed by atoms with Crippen LogP contribution < -0.4 is 10.1 Å². The first-order chi connectivity index (χ1) is 14.8. The Hall–Kier alpha value is -3.62. The number of rotatable bonds is 7. The van der Waals surface area contributed by atoms with Crippen molar-refractivity contribution in [2.45, 2.75) is 25.2 Å². The van der Waals surface area contributed by atoms with Gasteiger partial charge in [-0.1, -0.05) is 18.2 Å². The van der Waals surface area contributed by atoms with Crippen molar-refractivity contribution in [2.24, 2.45) is 5.92 Å². The molecule has 2 atom stereocenters. The normalized spacial score (nSPS) is 17.8. The van der Waals surface area contributed by atoms with Crippen LogP contribution in [0.4, 0.5) is 19.0 Å².